The van der Waals surface area contributed by atoms with Crippen molar-refractivity contribution in [3.63, 3.8) is 0 Å². The van der Waals surface area contributed by atoms with Crippen LogP contribution in [0.1, 0.15) is 5.56 Å². The minimum absolute atomic E-state index is 0. The normalized spacial score (nSPS) is 10.8. The van der Waals surface area contributed by atoms with Crippen LogP contribution < -0.4 is 0 Å². The van der Waals surface area contributed by atoms with Gasteiger partial charge in [0.1, 0.15) is 5.75 Å². The van der Waals surface area contributed by atoms with Crippen LogP contribution in [0.15, 0.2) is 108 Å². The van der Waals surface area contributed by atoms with Gasteiger partial charge in [0.15, 0.2) is 0 Å². The Morgan fingerprint density at radius 1 is 0.771 bits per heavy atom. The van der Waals surface area contributed by atoms with Crippen molar-refractivity contribution in [1.82, 2.24) is 9.97 Å². The molecule has 0 saturated heterocycles. The Hall–Kier alpha value is -3.92. The molecule has 0 aliphatic carbocycles. The second kappa shape index (κ2) is 11.0. The fourth-order valence-corrected chi connectivity index (χ4v) is 4.03. The van der Waals surface area contributed by atoms with Crippen LogP contribution in [-0.4, -0.2) is 28.3 Å². The van der Waals surface area contributed by atoms with Crippen molar-refractivity contribution in [2.24, 2.45) is 4.99 Å². The van der Waals surface area contributed by atoms with E-state index in [4.69, 9.17) is 15.1 Å². The van der Waals surface area contributed by atoms with Crippen LogP contribution >= 0.6 is 0 Å². The van der Waals surface area contributed by atoms with Crippen LogP contribution in [0.2, 0.25) is 0 Å². The number of aromatic nitrogens is 2. The predicted molar refractivity (Wildman–Crippen MR) is 140 cm³/mol. The molecule has 5 aromatic carbocycles. The van der Waals surface area contributed by atoms with E-state index < -0.39 is 0 Å². The van der Waals surface area contributed by atoms with E-state index in [0.717, 1.165) is 38.6 Å². The molecule has 0 aliphatic heterocycles. The number of aromatic hydroxyl groups is 1. The summed E-state index contributed by atoms with van der Waals surface area (Å²) in [7, 11) is 1.67. The maximum Gasteiger partial charge on any atom is 0.124 e. The number of phenolic OH excluding ortho intramolecular Hbond substituents is 1. The fraction of sp³-hybridized carbons (Fsp3) is 0.0333. The van der Waals surface area contributed by atoms with Crippen LogP contribution in [0.5, 0.6) is 5.75 Å². The standard InChI is InChI=1S/C22H13N2.C8H9NO.Ir/c1-2-8-15(9-3-1)20-14-23-21-18-12-6-4-10-16(18)17-11-5-7-13-19(17)22(21)24-20;1-9-6-7-4-2-3-5-8(7)10;/h1-11,13-14H;2-6,10H,1H3;/q-1;;. The van der Waals surface area contributed by atoms with Gasteiger partial charge in [-0.15, -0.1) is 29.7 Å². The average molecular weight is 633 g/mol. The largest absolute Gasteiger partial charge is 0.507 e. The molecule has 0 unspecified atom stereocenters. The minimum Gasteiger partial charge on any atom is -0.507 e. The van der Waals surface area contributed by atoms with Gasteiger partial charge in [0.05, 0.1) is 11.2 Å². The number of hydrogen-bond acceptors (Lipinski definition) is 4. The first-order chi connectivity index (χ1) is 16.8. The van der Waals surface area contributed by atoms with E-state index in [1.165, 1.54) is 10.8 Å². The number of rotatable bonds is 2. The second-order valence-electron chi connectivity index (χ2n) is 7.77. The molecule has 0 fully saturated rings. The van der Waals surface area contributed by atoms with Gasteiger partial charge in [-0.25, -0.2) is 0 Å². The Kier molecular flexibility index (Phi) is 7.61. The molecule has 4 nitrogen and oxygen atoms in total. The van der Waals surface area contributed by atoms with Crippen LogP contribution in [-0.2, 0) is 20.1 Å². The molecule has 0 bridgehead atoms. The minimum atomic E-state index is 0. The number of hydrogen-bond donors (Lipinski definition) is 1. The first kappa shape index (κ1) is 24.2. The summed E-state index contributed by atoms with van der Waals surface area (Å²) in [4.78, 5) is 13.5. The van der Waals surface area contributed by atoms with Crippen molar-refractivity contribution in [2.75, 3.05) is 7.05 Å². The third-order valence-corrected chi connectivity index (χ3v) is 5.61. The van der Waals surface area contributed by atoms with Gasteiger partial charge in [-0.05, 0) is 17.5 Å². The molecular weight excluding hydrogens is 611 g/mol. The molecule has 1 heterocycles. The number of benzene rings is 5. The maximum absolute atomic E-state index is 9.15. The van der Waals surface area contributed by atoms with Crippen molar-refractivity contribution in [3.8, 4) is 17.0 Å². The quantitative estimate of drug-likeness (QED) is 0.129. The summed E-state index contributed by atoms with van der Waals surface area (Å²) in [6, 6.07) is 35.1. The number of para-hydroxylation sites is 1. The van der Waals surface area contributed by atoms with E-state index in [1.807, 2.05) is 48.7 Å². The molecule has 0 saturated carbocycles. The first-order valence-corrected chi connectivity index (χ1v) is 11.0. The number of aliphatic imine (C=N–C) groups is 1. The average Bonchev–Trinajstić information content (AvgIpc) is 2.91. The topological polar surface area (TPSA) is 58.4 Å². The van der Waals surface area contributed by atoms with Crippen molar-refractivity contribution < 1.29 is 25.2 Å². The zero-order valence-corrected chi connectivity index (χ0v) is 21.4. The molecule has 0 amide bonds. The zero-order valence-electron chi connectivity index (χ0n) is 19.0. The van der Waals surface area contributed by atoms with E-state index in [2.05, 4.69) is 53.5 Å². The summed E-state index contributed by atoms with van der Waals surface area (Å²) >= 11 is 0. The molecule has 1 aromatic heterocycles. The molecule has 1 radical (unpaired) electrons. The van der Waals surface area contributed by atoms with E-state index in [-0.39, 0.29) is 25.9 Å². The van der Waals surface area contributed by atoms with Crippen LogP contribution in [0.25, 0.3) is 43.8 Å². The summed E-state index contributed by atoms with van der Waals surface area (Å²) < 4.78 is 0. The third-order valence-electron chi connectivity index (χ3n) is 5.61. The molecule has 6 aromatic rings. The maximum atomic E-state index is 9.15. The van der Waals surface area contributed by atoms with E-state index >= 15 is 0 Å². The summed E-state index contributed by atoms with van der Waals surface area (Å²) in [6.07, 6.45) is 3.47. The summed E-state index contributed by atoms with van der Waals surface area (Å²) in [6.45, 7) is 0. The molecule has 5 heteroatoms. The zero-order chi connectivity index (χ0) is 23.3. The van der Waals surface area contributed by atoms with Crippen molar-refractivity contribution >= 4 is 38.8 Å². The number of phenols is 1. The van der Waals surface area contributed by atoms with Crippen molar-refractivity contribution in [3.05, 3.63) is 115 Å². The molecule has 35 heavy (non-hydrogen) atoms. The van der Waals surface area contributed by atoms with Gasteiger partial charge in [0, 0.05) is 56.2 Å². The Morgan fingerprint density at radius 2 is 1.46 bits per heavy atom. The van der Waals surface area contributed by atoms with Gasteiger partial charge in [-0.2, -0.15) is 0 Å². The van der Waals surface area contributed by atoms with Gasteiger partial charge >= 0.3 is 0 Å². The Labute approximate surface area is 217 Å². The molecule has 173 valence electrons. The first-order valence-electron chi connectivity index (χ1n) is 11.0. The summed E-state index contributed by atoms with van der Waals surface area (Å²) in [5, 5.41) is 13.7. The van der Waals surface area contributed by atoms with E-state index in [0.29, 0.717) is 0 Å². The van der Waals surface area contributed by atoms with Crippen LogP contribution in [0.4, 0.5) is 0 Å². The van der Waals surface area contributed by atoms with Gasteiger partial charge in [0.25, 0.3) is 0 Å². The number of nitrogens with zero attached hydrogens (tertiary/aromatic N) is 3. The Morgan fingerprint density at radius 3 is 2.23 bits per heavy atom. The van der Waals surface area contributed by atoms with Crippen LogP contribution in [0, 0.1) is 6.07 Å². The molecule has 0 spiro atoms. The van der Waals surface area contributed by atoms with Gasteiger partial charge in [-0.3, -0.25) is 9.98 Å². The predicted octanol–water partition coefficient (Wildman–Crippen LogP) is 6.84. The molecule has 0 aliphatic rings. The second-order valence-corrected chi connectivity index (χ2v) is 7.77. The summed E-state index contributed by atoms with van der Waals surface area (Å²) in [5.41, 5.74) is 4.56. The number of fused-ring (bicyclic) bond motifs is 6. The third kappa shape index (κ3) is 4.97. The van der Waals surface area contributed by atoms with Crippen molar-refractivity contribution in [2.45, 2.75) is 0 Å². The van der Waals surface area contributed by atoms with E-state index in [1.54, 1.807) is 25.4 Å². The van der Waals surface area contributed by atoms with Crippen LogP contribution in [0.3, 0.4) is 0 Å². The summed E-state index contributed by atoms with van der Waals surface area (Å²) in [5.74, 6) is 0.271. The van der Waals surface area contributed by atoms with Gasteiger partial charge in [0.2, 0.25) is 0 Å². The molecule has 1 N–H and O–H groups in total. The SMILES string of the molecule is CN=Cc1ccccc1O.[Ir].[c-]1cccc2c1c1ncc(-c3ccccc3)nc1c1ccccc21. The molecule has 6 rings (SSSR count). The van der Waals surface area contributed by atoms with Crippen molar-refractivity contribution in [1.29, 1.82) is 0 Å². The monoisotopic (exact) mass is 633 g/mol. The molecular formula is C30H22IrN3O-. The fourth-order valence-electron chi connectivity index (χ4n) is 4.03. The van der Waals surface area contributed by atoms with E-state index in [9.17, 15) is 0 Å². The smallest absolute Gasteiger partial charge is 0.124 e. The Bertz CT molecular complexity index is 1600. The molecule has 0 atom stereocenters. The van der Waals surface area contributed by atoms with Gasteiger partial charge in [-0.1, -0.05) is 77.5 Å². The van der Waals surface area contributed by atoms with Gasteiger partial charge < -0.3 is 10.1 Å². The Balaban J connectivity index is 0.000000224.